The average molecular weight is 291 g/mol. The van der Waals surface area contributed by atoms with E-state index in [1.54, 1.807) is 19.1 Å². The predicted octanol–water partition coefficient (Wildman–Crippen LogP) is 2.21. The third-order valence-corrected chi connectivity index (χ3v) is 3.53. The number of furan rings is 1. The van der Waals surface area contributed by atoms with E-state index < -0.39 is 11.1 Å². The highest BCUT2D eigenvalue weighted by molar-refractivity contribution is 5.98. The van der Waals surface area contributed by atoms with Crippen molar-refractivity contribution in [2.24, 2.45) is 5.73 Å². The molecule has 0 bridgehead atoms. The molecule has 0 aliphatic carbocycles. The number of aliphatic hydroxyl groups excluding tert-OH is 1. The van der Waals surface area contributed by atoms with Crippen molar-refractivity contribution in [3.05, 3.63) is 17.9 Å². The molecule has 3 N–H and O–H groups in total. The lowest BCUT2D eigenvalue weighted by molar-refractivity contribution is 0.0947. The normalized spacial score (nSPS) is 16.4. The lowest BCUT2D eigenvalue weighted by Crippen LogP contribution is -2.38. The molecule has 1 aromatic rings. The van der Waals surface area contributed by atoms with Crippen LogP contribution in [0, 0.1) is 12.0 Å². The van der Waals surface area contributed by atoms with Gasteiger partial charge in [-0.25, -0.2) is 0 Å². The Labute approximate surface area is 127 Å². The summed E-state index contributed by atoms with van der Waals surface area (Å²) >= 11 is 0. The molecular formula is C15H22BNO4. The molecule has 6 heteroatoms. The van der Waals surface area contributed by atoms with E-state index in [1.807, 2.05) is 13.0 Å². The highest BCUT2D eigenvalue weighted by atomic mass is 16.6. The summed E-state index contributed by atoms with van der Waals surface area (Å²) in [7, 11) is 6.66. The minimum atomic E-state index is -0.826. The van der Waals surface area contributed by atoms with Gasteiger partial charge in [0.05, 0.1) is 18.2 Å². The van der Waals surface area contributed by atoms with Crippen LogP contribution in [0.25, 0.3) is 0 Å². The van der Waals surface area contributed by atoms with Crippen LogP contribution in [0.1, 0.15) is 45.3 Å². The number of aliphatic hydroxyl groups is 1. The molecule has 0 aliphatic heterocycles. The van der Waals surface area contributed by atoms with Crippen molar-refractivity contribution >= 4 is 8.05 Å². The van der Waals surface area contributed by atoms with Gasteiger partial charge in [-0.05, 0) is 45.1 Å². The van der Waals surface area contributed by atoms with E-state index in [4.69, 9.17) is 32.7 Å². The van der Waals surface area contributed by atoms with Crippen LogP contribution in [-0.4, -0.2) is 26.0 Å². The van der Waals surface area contributed by atoms with Gasteiger partial charge in [-0.2, -0.15) is 0 Å². The fourth-order valence-corrected chi connectivity index (χ4v) is 2.11. The van der Waals surface area contributed by atoms with E-state index in [0.717, 1.165) is 12.8 Å². The first-order valence-corrected chi connectivity index (χ1v) is 6.84. The number of methoxy groups -OCH3 is 1. The molecular weight excluding hydrogens is 269 g/mol. The van der Waals surface area contributed by atoms with Crippen LogP contribution in [0.2, 0.25) is 0 Å². The molecule has 0 spiro atoms. The lowest BCUT2D eigenvalue weighted by Gasteiger charge is -2.25. The maximum atomic E-state index is 8.96. The van der Waals surface area contributed by atoms with Gasteiger partial charge in [0.15, 0.2) is 0 Å². The van der Waals surface area contributed by atoms with Gasteiger partial charge in [0.1, 0.15) is 11.9 Å². The van der Waals surface area contributed by atoms with Gasteiger partial charge in [-0.1, -0.05) is 6.42 Å². The first kappa shape index (κ1) is 17.5. The molecule has 0 amide bonds. The van der Waals surface area contributed by atoms with Crippen molar-refractivity contribution in [1.82, 2.24) is 0 Å². The molecule has 0 fully saturated rings. The van der Waals surface area contributed by atoms with Crippen molar-refractivity contribution in [3.63, 3.8) is 0 Å². The van der Waals surface area contributed by atoms with E-state index in [-0.39, 0.29) is 0 Å². The van der Waals surface area contributed by atoms with Crippen LogP contribution in [-0.2, 0) is 10.1 Å². The van der Waals surface area contributed by atoms with Gasteiger partial charge < -0.3 is 24.6 Å². The second kappa shape index (κ2) is 7.44. The van der Waals surface area contributed by atoms with Crippen LogP contribution in [0.5, 0.6) is 5.95 Å². The number of nitrogens with two attached hydrogens (primary N) is 1. The number of rotatable bonds is 8. The molecule has 1 aromatic heterocycles. The van der Waals surface area contributed by atoms with E-state index in [2.05, 4.69) is 5.92 Å². The van der Waals surface area contributed by atoms with E-state index in [1.165, 1.54) is 7.11 Å². The SMILES string of the molecule is [B]OC(C)(N)CCCCC(C)(C#CO)c1ccc(OC)o1. The number of unbranched alkanes of at least 4 members (excludes halogenated alkanes) is 1. The van der Waals surface area contributed by atoms with E-state index in [0.29, 0.717) is 24.5 Å². The van der Waals surface area contributed by atoms with Gasteiger partial charge in [0, 0.05) is 6.07 Å². The van der Waals surface area contributed by atoms with Crippen molar-refractivity contribution in [3.8, 4) is 18.0 Å². The minimum Gasteiger partial charge on any atom is -0.468 e. The summed E-state index contributed by atoms with van der Waals surface area (Å²) in [6.07, 6.45) is 4.98. The van der Waals surface area contributed by atoms with Gasteiger partial charge in [-0.3, -0.25) is 0 Å². The highest BCUT2D eigenvalue weighted by Gasteiger charge is 2.29. The Hall–Kier alpha value is -1.58. The summed E-state index contributed by atoms with van der Waals surface area (Å²) in [5, 5.41) is 8.96. The Morgan fingerprint density at radius 1 is 1.33 bits per heavy atom. The Morgan fingerprint density at radius 3 is 2.52 bits per heavy atom. The zero-order valence-corrected chi connectivity index (χ0v) is 12.8. The van der Waals surface area contributed by atoms with Crippen molar-refractivity contribution in [2.45, 2.75) is 50.7 Å². The zero-order chi connectivity index (χ0) is 15.9. The van der Waals surface area contributed by atoms with Gasteiger partial charge >= 0.3 is 0 Å². The van der Waals surface area contributed by atoms with Crippen molar-refractivity contribution in [2.75, 3.05) is 7.11 Å². The quantitative estimate of drug-likeness (QED) is 0.332. The van der Waals surface area contributed by atoms with Crippen LogP contribution < -0.4 is 10.5 Å². The number of hydrogen-bond acceptors (Lipinski definition) is 5. The van der Waals surface area contributed by atoms with Gasteiger partial charge in [0.25, 0.3) is 14.0 Å². The average Bonchev–Trinajstić information content (AvgIpc) is 2.94. The molecule has 1 heterocycles. The fraction of sp³-hybridized carbons (Fsp3) is 0.600. The summed E-state index contributed by atoms with van der Waals surface area (Å²) in [5.41, 5.74) is 4.40. The Kier molecular flexibility index (Phi) is 6.19. The van der Waals surface area contributed by atoms with Crippen LogP contribution in [0.15, 0.2) is 16.5 Å². The first-order chi connectivity index (χ1) is 9.87. The topological polar surface area (TPSA) is 77.9 Å². The largest absolute Gasteiger partial charge is 0.468 e. The molecule has 2 radical (unpaired) electrons. The fourth-order valence-electron chi connectivity index (χ4n) is 2.11. The minimum absolute atomic E-state index is 0.419. The van der Waals surface area contributed by atoms with Crippen molar-refractivity contribution in [1.29, 1.82) is 0 Å². The van der Waals surface area contributed by atoms with Crippen LogP contribution in [0.3, 0.4) is 0 Å². The summed E-state index contributed by atoms with van der Waals surface area (Å²) in [4.78, 5) is 0. The molecule has 5 nitrogen and oxygen atoms in total. The number of hydrogen-bond donors (Lipinski definition) is 2. The molecule has 2 atom stereocenters. The summed E-state index contributed by atoms with van der Waals surface area (Å²) in [6, 6.07) is 3.53. The smallest absolute Gasteiger partial charge is 0.285 e. The Balaban J connectivity index is 2.66. The molecule has 21 heavy (non-hydrogen) atoms. The van der Waals surface area contributed by atoms with E-state index in [9.17, 15) is 0 Å². The molecule has 0 saturated heterocycles. The second-order valence-electron chi connectivity index (χ2n) is 5.53. The van der Waals surface area contributed by atoms with Gasteiger partial charge in [0.2, 0.25) is 0 Å². The summed E-state index contributed by atoms with van der Waals surface area (Å²) in [6.45, 7) is 3.65. The standard InChI is InChI=1S/C15H22BNO4/c1-14(10-11-18,12-6-7-13(19-3)20-12)8-4-5-9-15(2,17)21-16/h6-7,18H,4-5,8-9,17H2,1-3H3. The van der Waals surface area contributed by atoms with E-state index >= 15 is 0 Å². The lowest BCUT2D eigenvalue weighted by atomic mass is 9.83. The maximum Gasteiger partial charge on any atom is 0.285 e. The maximum absolute atomic E-state index is 8.96. The molecule has 0 aromatic carbocycles. The third kappa shape index (κ3) is 5.03. The first-order valence-electron chi connectivity index (χ1n) is 6.84. The Morgan fingerprint density at radius 2 is 2.00 bits per heavy atom. The third-order valence-electron chi connectivity index (χ3n) is 3.53. The Bertz CT molecular complexity index is 503. The predicted molar refractivity (Wildman–Crippen MR) is 80.2 cm³/mol. The molecule has 114 valence electrons. The van der Waals surface area contributed by atoms with Crippen LogP contribution in [0.4, 0.5) is 0 Å². The monoisotopic (exact) mass is 291 g/mol. The molecule has 2 unspecified atom stereocenters. The zero-order valence-electron chi connectivity index (χ0n) is 12.8. The van der Waals surface area contributed by atoms with Crippen molar-refractivity contribution < 1.29 is 18.9 Å². The summed E-state index contributed by atoms with van der Waals surface area (Å²) < 4.78 is 15.3. The second-order valence-corrected chi connectivity index (χ2v) is 5.53. The molecule has 0 aliphatic rings. The van der Waals surface area contributed by atoms with Gasteiger partial charge in [-0.15, -0.1) is 0 Å². The number of ether oxygens (including phenoxy) is 1. The summed E-state index contributed by atoms with van der Waals surface area (Å²) in [5.74, 6) is 3.87. The highest BCUT2D eigenvalue weighted by Crippen LogP contribution is 2.33. The molecule has 1 rings (SSSR count). The van der Waals surface area contributed by atoms with Crippen LogP contribution >= 0.6 is 0 Å². The molecule has 0 saturated carbocycles.